The molecule has 0 aliphatic heterocycles. The van der Waals surface area contributed by atoms with Gasteiger partial charge in [-0.15, -0.1) is 0 Å². The van der Waals surface area contributed by atoms with E-state index < -0.39 is 12.2 Å². The Bertz CT molecular complexity index is 545. The van der Waals surface area contributed by atoms with Crippen LogP contribution in [0.15, 0.2) is 0 Å². The number of hydrogen-bond donors (Lipinski definition) is 4. The van der Waals surface area contributed by atoms with Crippen LogP contribution in [-0.2, 0) is 52.1 Å². The highest BCUT2D eigenvalue weighted by atomic mass is 16.6. The van der Waals surface area contributed by atoms with Gasteiger partial charge in [-0.3, -0.25) is 0 Å². The van der Waals surface area contributed by atoms with Gasteiger partial charge in [0.1, 0.15) is 0 Å². The quantitative estimate of drug-likeness (QED) is 0.0656. The molecule has 0 saturated heterocycles. The Kier molecular flexibility index (Phi) is 34.7. The molecule has 0 aromatic carbocycles. The Balaban J connectivity index is 3.04. The van der Waals surface area contributed by atoms with Crippen LogP contribution >= 0.6 is 0 Å². The lowest BCUT2D eigenvalue weighted by Crippen LogP contribution is -2.25. The molecule has 0 radical (unpaired) electrons. The lowest BCUT2D eigenvalue weighted by Gasteiger charge is -2.09. The van der Waals surface area contributed by atoms with Crippen molar-refractivity contribution in [3.8, 4) is 0 Å². The number of carboxylic acid groups (broad SMARTS) is 2. The topological polar surface area (TPSA) is 200 Å². The number of ether oxygens (including phenoxy) is 11. The van der Waals surface area contributed by atoms with Gasteiger partial charge in [-0.1, -0.05) is 0 Å². The highest BCUT2D eigenvalue weighted by Crippen LogP contribution is 1.87. The average molecular weight is 633 g/mol. The standard InChI is InChI=1S/C26H52N2O15/c29-25(30)27-1-3-33-5-7-35-9-11-37-13-15-39-17-19-41-21-23-43-24-22-42-20-18-40-16-14-38-12-10-36-8-6-34-4-2-28-26(31)32/h27-28H,1-24H2,(H,29,30)(H,31,32). The van der Waals surface area contributed by atoms with Crippen molar-refractivity contribution in [2.45, 2.75) is 0 Å². The molecular weight excluding hydrogens is 580 g/mol. The molecule has 0 bridgehead atoms. The third-order valence-corrected chi connectivity index (χ3v) is 4.77. The molecule has 0 saturated carbocycles. The van der Waals surface area contributed by atoms with Gasteiger partial charge in [0.2, 0.25) is 0 Å². The first-order chi connectivity index (χ1) is 21.1. The molecule has 0 aromatic rings. The van der Waals surface area contributed by atoms with Gasteiger partial charge < -0.3 is 73.0 Å². The van der Waals surface area contributed by atoms with Gasteiger partial charge in [0.15, 0.2) is 0 Å². The minimum absolute atomic E-state index is 0.252. The predicted octanol–water partition coefficient (Wildman–Crippen LogP) is -0.296. The fourth-order valence-corrected chi connectivity index (χ4v) is 2.76. The molecule has 0 aliphatic carbocycles. The smallest absolute Gasteiger partial charge is 0.404 e. The molecule has 0 spiro atoms. The largest absolute Gasteiger partial charge is 0.465 e. The van der Waals surface area contributed by atoms with Gasteiger partial charge in [0.25, 0.3) is 0 Å². The molecule has 17 nitrogen and oxygen atoms in total. The van der Waals surface area contributed by atoms with E-state index in [-0.39, 0.29) is 13.1 Å². The molecule has 0 aliphatic rings. The molecule has 0 rings (SSSR count). The van der Waals surface area contributed by atoms with Crippen molar-refractivity contribution in [2.75, 3.05) is 158 Å². The van der Waals surface area contributed by atoms with Crippen molar-refractivity contribution in [3.05, 3.63) is 0 Å². The summed E-state index contributed by atoms with van der Waals surface area (Å²) in [4.78, 5) is 20.5. The summed E-state index contributed by atoms with van der Waals surface area (Å²) in [7, 11) is 0. The third kappa shape index (κ3) is 40.1. The van der Waals surface area contributed by atoms with Crippen molar-refractivity contribution in [1.29, 1.82) is 0 Å². The van der Waals surface area contributed by atoms with Crippen LogP contribution in [0.1, 0.15) is 0 Å². The van der Waals surface area contributed by atoms with Crippen molar-refractivity contribution in [3.63, 3.8) is 0 Å². The Morgan fingerprint density at radius 1 is 0.302 bits per heavy atom. The Hall–Kier alpha value is -1.90. The second-order valence-electron chi connectivity index (χ2n) is 8.20. The molecule has 0 heterocycles. The van der Waals surface area contributed by atoms with Crippen LogP contribution in [0.2, 0.25) is 0 Å². The van der Waals surface area contributed by atoms with E-state index in [9.17, 15) is 9.59 Å². The first kappa shape index (κ1) is 41.1. The summed E-state index contributed by atoms with van der Waals surface area (Å²) in [5.41, 5.74) is 0. The molecule has 0 fully saturated rings. The molecule has 2 amide bonds. The first-order valence-corrected chi connectivity index (χ1v) is 14.4. The van der Waals surface area contributed by atoms with E-state index in [1.165, 1.54) is 0 Å². The van der Waals surface area contributed by atoms with Crippen molar-refractivity contribution >= 4 is 12.2 Å². The summed E-state index contributed by atoms with van der Waals surface area (Å²) in [5.74, 6) is 0. The lowest BCUT2D eigenvalue weighted by molar-refractivity contribution is -0.0274. The zero-order valence-electron chi connectivity index (χ0n) is 25.2. The van der Waals surface area contributed by atoms with Crippen LogP contribution in [0.3, 0.4) is 0 Å². The first-order valence-electron chi connectivity index (χ1n) is 14.4. The summed E-state index contributed by atoms with van der Waals surface area (Å²) in [6.45, 7) is 10.3. The predicted molar refractivity (Wildman–Crippen MR) is 151 cm³/mol. The van der Waals surface area contributed by atoms with Crippen LogP contribution in [0.5, 0.6) is 0 Å². The summed E-state index contributed by atoms with van der Waals surface area (Å²) in [5, 5.41) is 21.2. The van der Waals surface area contributed by atoms with Crippen LogP contribution in [-0.4, -0.2) is 181 Å². The fourth-order valence-electron chi connectivity index (χ4n) is 2.76. The molecule has 0 atom stereocenters. The highest BCUT2D eigenvalue weighted by molar-refractivity contribution is 5.64. The van der Waals surface area contributed by atoms with Crippen molar-refractivity contribution < 1.29 is 71.9 Å². The number of hydrogen-bond acceptors (Lipinski definition) is 13. The fraction of sp³-hybridized carbons (Fsp3) is 0.923. The normalized spacial score (nSPS) is 11.2. The number of rotatable bonds is 36. The van der Waals surface area contributed by atoms with E-state index >= 15 is 0 Å². The monoisotopic (exact) mass is 632 g/mol. The summed E-state index contributed by atoms with van der Waals surface area (Å²) < 4.78 is 59.0. The molecule has 256 valence electrons. The Morgan fingerprint density at radius 3 is 0.581 bits per heavy atom. The van der Waals surface area contributed by atoms with Crippen LogP contribution < -0.4 is 10.6 Å². The Labute approximate surface area is 253 Å². The van der Waals surface area contributed by atoms with Gasteiger partial charge in [-0.25, -0.2) is 9.59 Å². The highest BCUT2D eigenvalue weighted by Gasteiger charge is 1.97. The second kappa shape index (κ2) is 36.3. The van der Waals surface area contributed by atoms with E-state index in [0.29, 0.717) is 145 Å². The molecule has 0 aromatic heterocycles. The maximum Gasteiger partial charge on any atom is 0.404 e. The van der Waals surface area contributed by atoms with E-state index in [1.807, 2.05) is 0 Å². The summed E-state index contributed by atoms with van der Waals surface area (Å²) >= 11 is 0. The summed E-state index contributed by atoms with van der Waals surface area (Å²) in [6.07, 6.45) is -2.13. The molecule has 43 heavy (non-hydrogen) atoms. The van der Waals surface area contributed by atoms with Gasteiger partial charge in [0.05, 0.1) is 145 Å². The number of nitrogens with one attached hydrogen (secondary N) is 2. The van der Waals surface area contributed by atoms with E-state index in [2.05, 4.69) is 10.6 Å². The number of amides is 2. The molecule has 17 heteroatoms. The minimum Gasteiger partial charge on any atom is -0.465 e. The second-order valence-corrected chi connectivity index (χ2v) is 8.20. The number of carbonyl (C=O) groups is 2. The zero-order chi connectivity index (χ0) is 31.3. The maximum absolute atomic E-state index is 10.2. The summed E-state index contributed by atoms with van der Waals surface area (Å²) in [6, 6.07) is 0. The minimum atomic E-state index is -1.07. The van der Waals surface area contributed by atoms with E-state index in [0.717, 1.165) is 0 Å². The zero-order valence-corrected chi connectivity index (χ0v) is 25.2. The van der Waals surface area contributed by atoms with Crippen molar-refractivity contribution in [2.24, 2.45) is 0 Å². The van der Waals surface area contributed by atoms with E-state index in [4.69, 9.17) is 62.3 Å². The third-order valence-electron chi connectivity index (χ3n) is 4.77. The SMILES string of the molecule is O=C(O)NCCOCCOCCOCCOCCOCCOCCOCCOCCOCCOCCOCCNC(=O)O. The Morgan fingerprint density at radius 2 is 0.442 bits per heavy atom. The van der Waals surface area contributed by atoms with Crippen LogP contribution in [0.25, 0.3) is 0 Å². The van der Waals surface area contributed by atoms with Gasteiger partial charge in [-0.2, -0.15) is 0 Å². The van der Waals surface area contributed by atoms with Gasteiger partial charge in [0, 0.05) is 13.1 Å². The van der Waals surface area contributed by atoms with Crippen molar-refractivity contribution in [1.82, 2.24) is 10.6 Å². The molecular formula is C26H52N2O15. The lowest BCUT2D eigenvalue weighted by atomic mass is 10.6. The van der Waals surface area contributed by atoms with Crippen LogP contribution in [0, 0.1) is 0 Å². The van der Waals surface area contributed by atoms with Gasteiger partial charge >= 0.3 is 12.2 Å². The molecule has 0 unspecified atom stereocenters. The average Bonchev–Trinajstić information content (AvgIpc) is 2.98. The van der Waals surface area contributed by atoms with E-state index in [1.54, 1.807) is 0 Å². The molecule has 4 N–H and O–H groups in total. The van der Waals surface area contributed by atoms with Crippen LogP contribution in [0.4, 0.5) is 9.59 Å². The maximum atomic E-state index is 10.2. The van der Waals surface area contributed by atoms with Gasteiger partial charge in [-0.05, 0) is 0 Å².